The third-order valence-electron chi connectivity index (χ3n) is 8.22. The molecule has 0 radical (unpaired) electrons. The number of hydrogen-bond acceptors (Lipinski definition) is 11. The van der Waals surface area contributed by atoms with E-state index in [2.05, 4.69) is 0 Å². The Hall–Kier alpha value is -4.84. The normalized spacial score (nSPS) is 25.7. The predicted molar refractivity (Wildman–Crippen MR) is 144 cm³/mol. The summed E-state index contributed by atoms with van der Waals surface area (Å²) in [6, 6.07) is 13.8. The molecule has 3 aliphatic rings. The van der Waals surface area contributed by atoms with Crippen molar-refractivity contribution in [3.05, 3.63) is 94.0 Å². The Kier molecular flexibility index (Phi) is 5.80. The first-order valence-corrected chi connectivity index (χ1v) is 13.2. The number of phenols is 6. The summed E-state index contributed by atoms with van der Waals surface area (Å²) in [5.74, 6) is -2.74. The fourth-order valence-corrected chi connectivity index (χ4v) is 6.28. The Morgan fingerprint density at radius 2 is 1.29 bits per heavy atom. The summed E-state index contributed by atoms with van der Waals surface area (Å²) in [4.78, 5) is 0. The van der Waals surface area contributed by atoms with Crippen molar-refractivity contribution in [3.8, 4) is 46.0 Å². The van der Waals surface area contributed by atoms with Gasteiger partial charge in [-0.15, -0.1) is 0 Å². The molecule has 0 aromatic heterocycles. The fraction of sp³-hybridized carbons (Fsp3) is 0.226. The van der Waals surface area contributed by atoms with Crippen LogP contribution in [0.5, 0.6) is 46.0 Å². The molecule has 0 unspecified atom stereocenters. The molecule has 8 N–H and O–H groups in total. The number of rotatable bonds is 2. The smallest absolute Gasteiger partial charge is 0.161 e. The van der Waals surface area contributed by atoms with E-state index < -0.39 is 53.7 Å². The second kappa shape index (κ2) is 9.35. The fourth-order valence-electron chi connectivity index (χ4n) is 6.28. The van der Waals surface area contributed by atoms with Gasteiger partial charge in [0, 0.05) is 40.3 Å². The molecule has 4 aromatic rings. The molecule has 0 spiro atoms. The van der Waals surface area contributed by atoms with Crippen LogP contribution in [-0.4, -0.2) is 53.1 Å². The molecule has 0 fully saturated rings. The van der Waals surface area contributed by atoms with E-state index in [1.807, 2.05) is 0 Å². The minimum Gasteiger partial charge on any atom is -0.508 e. The van der Waals surface area contributed by atoms with Crippen LogP contribution in [0.25, 0.3) is 0 Å². The van der Waals surface area contributed by atoms with Crippen molar-refractivity contribution in [1.29, 1.82) is 0 Å². The third-order valence-corrected chi connectivity index (χ3v) is 8.22. The topological polar surface area (TPSA) is 190 Å². The van der Waals surface area contributed by atoms with Gasteiger partial charge in [0.1, 0.15) is 41.3 Å². The predicted octanol–water partition coefficient (Wildman–Crippen LogP) is 3.61. The zero-order valence-electron chi connectivity index (χ0n) is 21.7. The number of hydrogen-bond donors (Lipinski definition) is 8. The maximum Gasteiger partial charge on any atom is 0.161 e. The second-order valence-corrected chi connectivity index (χ2v) is 10.7. The molecule has 11 nitrogen and oxygen atoms in total. The summed E-state index contributed by atoms with van der Waals surface area (Å²) in [6.07, 6.45) is -5.70. The van der Waals surface area contributed by atoms with E-state index in [1.165, 1.54) is 60.7 Å². The molecule has 3 heterocycles. The van der Waals surface area contributed by atoms with Gasteiger partial charge in [0.15, 0.2) is 35.2 Å². The standard InChI is InChI=1S/C31H26O11/c32-14-2-4-16-21(9-14)41-29(12-1-6-18(34)19(35)7-12)28(39)24(16)25-23-13(8-20(36)27(25)38)11-40-31-26(37)17-5-3-15(33)10-22(17)42-30(23)31/h1-10,24,26,28-39H,11H2/t24-,26+,28-,29+,30+,31-/m0/s1. The van der Waals surface area contributed by atoms with Gasteiger partial charge < -0.3 is 55.1 Å². The number of ether oxygens (including phenoxy) is 3. The minimum absolute atomic E-state index is 0.0534. The maximum atomic E-state index is 11.9. The van der Waals surface area contributed by atoms with Crippen LogP contribution >= 0.6 is 0 Å². The Labute approximate surface area is 238 Å². The molecular weight excluding hydrogens is 548 g/mol. The Morgan fingerprint density at radius 3 is 2.00 bits per heavy atom. The van der Waals surface area contributed by atoms with E-state index in [0.29, 0.717) is 27.8 Å². The van der Waals surface area contributed by atoms with Crippen LogP contribution in [0.15, 0.2) is 60.7 Å². The van der Waals surface area contributed by atoms with Crippen molar-refractivity contribution in [2.75, 3.05) is 0 Å². The van der Waals surface area contributed by atoms with Crippen LogP contribution < -0.4 is 9.47 Å². The van der Waals surface area contributed by atoms with Gasteiger partial charge in [-0.3, -0.25) is 0 Å². The average Bonchev–Trinajstić information content (AvgIpc) is 2.95. The van der Waals surface area contributed by atoms with E-state index in [-0.39, 0.29) is 40.9 Å². The third kappa shape index (κ3) is 3.86. The number of aliphatic hydroxyl groups is 2. The number of fused-ring (bicyclic) bond motifs is 5. The lowest BCUT2D eigenvalue weighted by Gasteiger charge is -2.44. The van der Waals surface area contributed by atoms with Crippen molar-refractivity contribution in [1.82, 2.24) is 0 Å². The van der Waals surface area contributed by atoms with E-state index in [9.17, 15) is 40.9 Å². The van der Waals surface area contributed by atoms with E-state index >= 15 is 0 Å². The number of benzene rings is 4. The van der Waals surface area contributed by atoms with Crippen molar-refractivity contribution < 1.29 is 55.1 Å². The van der Waals surface area contributed by atoms with Crippen molar-refractivity contribution in [2.45, 2.75) is 43.0 Å². The van der Waals surface area contributed by atoms with Crippen LogP contribution in [0.4, 0.5) is 0 Å². The van der Waals surface area contributed by atoms with Crippen LogP contribution in [0, 0.1) is 0 Å². The largest absolute Gasteiger partial charge is 0.508 e. The Bertz CT molecular complexity index is 1730. The molecular formula is C31H26O11. The summed E-state index contributed by atoms with van der Waals surface area (Å²) in [6.45, 7) is -0.0534. The maximum absolute atomic E-state index is 11.9. The molecule has 42 heavy (non-hydrogen) atoms. The molecule has 0 saturated heterocycles. The average molecular weight is 575 g/mol. The second-order valence-electron chi connectivity index (χ2n) is 10.7. The molecule has 216 valence electrons. The van der Waals surface area contributed by atoms with Gasteiger partial charge >= 0.3 is 0 Å². The Morgan fingerprint density at radius 1 is 0.619 bits per heavy atom. The summed E-state index contributed by atoms with van der Waals surface area (Å²) in [7, 11) is 0. The lowest BCUT2D eigenvalue weighted by atomic mass is 9.74. The lowest BCUT2D eigenvalue weighted by molar-refractivity contribution is -0.127. The molecule has 3 aliphatic heterocycles. The highest BCUT2D eigenvalue weighted by atomic mass is 16.6. The Balaban J connectivity index is 1.44. The van der Waals surface area contributed by atoms with Gasteiger partial charge in [0.25, 0.3) is 0 Å². The van der Waals surface area contributed by atoms with Gasteiger partial charge in [-0.25, -0.2) is 0 Å². The van der Waals surface area contributed by atoms with Gasteiger partial charge in [-0.2, -0.15) is 0 Å². The minimum atomic E-state index is -1.44. The van der Waals surface area contributed by atoms with Crippen LogP contribution in [-0.2, 0) is 11.3 Å². The quantitative estimate of drug-likeness (QED) is 0.163. The molecule has 0 saturated carbocycles. The lowest BCUT2D eigenvalue weighted by Crippen LogP contribution is -2.42. The SMILES string of the molecule is Oc1ccc2c(c1)O[C@H](c1ccc(O)c(O)c1)[C@@H](O)[C@@H]2c1c(O)c(O)cc2c1[C@H]1Oc3cc(O)ccc3[C@@H](O)[C@@H]1OC2. The van der Waals surface area contributed by atoms with Crippen molar-refractivity contribution in [2.24, 2.45) is 0 Å². The van der Waals surface area contributed by atoms with E-state index in [1.54, 1.807) is 0 Å². The van der Waals surface area contributed by atoms with Crippen molar-refractivity contribution in [3.63, 3.8) is 0 Å². The zero-order chi connectivity index (χ0) is 29.4. The first-order chi connectivity index (χ1) is 20.1. The molecule has 11 heteroatoms. The molecule has 0 amide bonds. The highest BCUT2D eigenvalue weighted by molar-refractivity contribution is 5.62. The summed E-state index contributed by atoms with van der Waals surface area (Å²) in [5, 5.41) is 85.7. The van der Waals surface area contributed by atoms with Crippen LogP contribution in [0.3, 0.4) is 0 Å². The monoisotopic (exact) mass is 574 g/mol. The number of phenolic OH excluding ortho intramolecular Hbond substituents is 6. The molecule has 0 bridgehead atoms. The molecule has 7 rings (SSSR count). The first-order valence-electron chi connectivity index (χ1n) is 13.2. The first kappa shape index (κ1) is 26.1. The zero-order valence-corrected chi connectivity index (χ0v) is 21.7. The highest BCUT2D eigenvalue weighted by Crippen LogP contribution is 2.56. The van der Waals surface area contributed by atoms with Gasteiger partial charge in [0.05, 0.1) is 6.61 Å². The molecule has 0 aliphatic carbocycles. The summed E-state index contributed by atoms with van der Waals surface area (Å²) < 4.78 is 18.3. The summed E-state index contributed by atoms with van der Waals surface area (Å²) >= 11 is 0. The van der Waals surface area contributed by atoms with E-state index in [0.717, 1.165) is 0 Å². The number of aromatic hydroxyl groups is 6. The van der Waals surface area contributed by atoms with Crippen LogP contribution in [0.1, 0.15) is 57.6 Å². The molecule has 4 aromatic carbocycles. The highest BCUT2D eigenvalue weighted by Gasteiger charge is 2.49. The molecule has 6 atom stereocenters. The van der Waals surface area contributed by atoms with Gasteiger partial charge in [-0.05, 0) is 47.5 Å². The van der Waals surface area contributed by atoms with Crippen molar-refractivity contribution >= 4 is 0 Å². The van der Waals surface area contributed by atoms with Crippen LogP contribution in [0.2, 0.25) is 0 Å². The van der Waals surface area contributed by atoms with Gasteiger partial charge in [-0.1, -0.05) is 12.1 Å². The van der Waals surface area contributed by atoms with E-state index in [4.69, 9.17) is 14.2 Å². The van der Waals surface area contributed by atoms with Gasteiger partial charge in [0.2, 0.25) is 0 Å². The number of aliphatic hydroxyl groups excluding tert-OH is 2. The summed E-state index contributed by atoms with van der Waals surface area (Å²) in [5.41, 5.74) is 1.97.